The van der Waals surface area contributed by atoms with E-state index in [1.165, 1.54) is 17.0 Å². The van der Waals surface area contributed by atoms with Crippen LogP contribution in [0.3, 0.4) is 0 Å². The van der Waals surface area contributed by atoms with Crippen molar-refractivity contribution >= 4 is 17.5 Å². The van der Waals surface area contributed by atoms with Gasteiger partial charge in [-0.1, -0.05) is 48.5 Å². The lowest BCUT2D eigenvalue weighted by Crippen LogP contribution is -2.39. The minimum Gasteiger partial charge on any atom is -0.324 e. The summed E-state index contributed by atoms with van der Waals surface area (Å²) in [6.45, 7) is 1.74. The van der Waals surface area contributed by atoms with Gasteiger partial charge in [-0.15, -0.1) is 0 Å². The number of halogens is 1. The van der Waals surface area contributed by atoms with Crippen LogP contribution in [0.25, 0.3) is 0 Å². The van der Waals surface area contributed by atoms with Crippen LogP contribution in [0.15, 0.2) is 72.8 Å². The molecule has 0 saturated carbocycles. The quantitative estimate of drug-likeness (QED) is 0.726. The van der Waals surface area contributed by atoms with E-state index in [1.54, 1.807) is 18.2 Å². The Bertz CT molecular complexity index is 1050. The SMILES string of the molecule is Cc1ccccc1C(=O)N1CC(=O)Nc2ccc(F)cc2[C@@H]1c1ccccc1. The van der Waals surface area contributed by atoms with Crippen molar-refractivity contribution in [1.82, 2.24) is 4.90 Å². The van der Waals surface area contributed by atoms with Gasteiger partial charge in [0.1, 0.15) is 12.4 Å². The van der Waals surface area contributed by atoms with Crippen molar-refractivity contribution in [2.24, 2.45) is 0 Å². The lowest BCUT2D eigenvalue weighted by Gasteiger charge is -2.31. The number of benzene rings is 3. The molecule has 0 aliphatic carbocycles. The molecule has 4 nitrogen and oxygen atoms in total. The monoisotopic (exact) mass is 374 g/mol. The smallest absolute Gasteiger partial charge is 0.255 e. The average molecular weight is 374 g/mol. The molecule has 1 aliphatic heterocycles. The average Bonchev–Trinajstić information content (AvgIpc) is 2.84. The maximum Gasteiger partial charge on any atom is 0.255 e. The normalized spacial score (nSPS) is 16.1. The number of aryl methyl sites for hydroxylation is 1. The van der Waals surface area contributed by atoms with Crippen molar-refractivity contribution in [3.05, 3.63) is 101 Å². The molecule has 0 radical (unpaired) electrons. The van der Waals surface area contributed by atoms with Gasteiger partial charge < -0.3 is 10.2 Å². The van der Waals surface area contributed by atoms with E-state index in [0.29, 0.717) is 16.8 Å². The van der Waals surface area contributed by atoms with Crippen LogP contribution in [0.2, 0.25) is 0 Å². The molecule has 1 aliphatic rings. The zero-order valence-electron chi connectivity index (χ0n) is 15.4. The van der Waals surface area contributed by atoms with Gasteiger partial charge in [-0.05, 0) is 42.3 Å². The highest BCUT2D eigenvalue weighted by Crippen LogP contribution is 2.37. The molecule has 1 heterocycles. The van der Waals surface area contributed by atoms with Gasteiger partial charge in [0.2, 0.25) is 5.91 Å². The summed E-state index contributed by atoms with van der Waals surface area (Å²) in [4.78, 5) is 27.5. The number of carbonyl (C=O) groups is 2. The molecule has 0 unspecified atom stereocenters. The van der Waals surface area contributed by atoms with E-state index in [9.17, 15) is 14.0 Å². The number of amides is 2. The van der Waals surface area contributed by atoms with Crippen LogP contribution in [0, 0.1) is 12.7 Å². The Balaban J connectivity index is 1.91. The third-order valence-corrected chi connectivity index (χ3v) is 4.96. The summed E-state index contributed by atoms with van der Waals surface area (Å²) in [5.41, 5.74) is 3.23. The summed E-state index contributed by atoms with van der Waals surface area (Å²) in [6, 6.07) is 20.3. The number of hydrogen-bond donors (Lipinski definition) is 1. The summed E-state index contributed by atoms with van der Waals surface area (Å²) in [5.74, 6) is -0.994. The largest absolute Gasteiger partial charge is 0.324 e. The Morgan fingerprint density at radius 2 is 1.75 bits per heavy atom. The van der Waals surface area contributed by atoms with Crippen LogP contribution >= 0.6 is 0 Å². The highest BCUT2D eigenvalue weighted by atomic mass is 19.1. The molecule has 0 spiro atoms. The minimum absolute atomic E-state index is 0.122. The molecular formula is C23H19FN2O2. The van der Waals surface area contributed by atoms with Gasteiger partial charge in [-0.2, -0.15) is 0 Å². The third-order valence-electron chi connectivity index (χ3n) is 4.96. The number of hydrogen-bond acceptors (Lipinski definition) is 2. The van der Waals surface area contributed by atoms with E-state index in [1.807, 2.05) is 49.4 Å². The first-order valence-electron chi connectivity index (χ1n) is 9.05. The Hall–Kier alpha value is -3.47. The topological polar surface area (TPSA) is 49.4 Å². The Morgan fingerprint density at radius 3 is 2.50 bits per heavy atom. The molecule has 140 valence electrons. The Morgan fingerprint density at radius 1 is 1.04 bits per heavy atom. The summed E-state index contributed by atoms with van der Waals surface area (Å²) < 4.78 is 14.1. The van der Waals surface area contributed by atoms with Crippen molar-refractivity contribution < 1.29 is 14.0 Å². The number of fused-ring (bicyclic) bond motifs is 1. The number of carbonyl (C=O) groups excluding carboxylic acids is 2. The van der Waals surface area contributed by atoms with Crippen LogP contribution in [-0.2, 0) is 4.79 Å². The first-order valence-corrected chi connectivity index (χ1v) is 9.05. The fourth-order valence-electron chi connectivity index (χ4n) is 3.63. The molecule has 3 aromatic rings. The lowest BCUT2D eigenvalue weighted by atomic mass is 9.94. The molecule has 2 amide bonds. The molecule has 3 aromatic carbocycles. The Labute approximate surface area is 162 Å². The predicted octanol–water partition coefficient (Wildman–Crippen LogP) is 4.32. The van der Waals surface area contributed by atoms with Crippen LogP contribution < -0.4 is 5.32 Å². The second-order valence-corrected chi connectivity index (χ2v) is 6.84. The van der Waals surface area contributed by atoms with Gasteiger partial charge in [0.15, 0.2) is 0 Å². The maximum absolute atomic E-state index is 14.1. The molecule has 28 heavy (non-hydrogen) atoms. The van der Waals surface area contributed by atoms with Crippen molar-refractivity contribution in [3.63, 3.8) is 0 Å². The molecule has 0 fully saturated rings. The first kappa shape index (κ1) is 17.9. The number of anilines is 1. The van der Waals surface area contributed by atoms with Crippen molar-refractivity contribution in [1.29, 1.82) is 0 Å². The molecule has 1 N–H and O–H groups in total. The summed E-state index contributed by atoms with van der Waals surface area (Å²) in [5, 5.41) is 2.80. The number of nitrogens with one attached hydrogen (secondary N) is 1. The van der Waals surface area contributed by atoms with Crippen molar-refractivity contribution in [2.45, 2.75) is 13.0 Å². The fraction of sp³-hybridized carbons (Fsp3) is 0.130. The number of rotatable bonds is 2. The molecule has 4 rings (SSSR count). The van der Waals surface area contributed by atoms with Gasteiger partial charge in [-0.25, -0.2) is 4.39 Å². The maximum atomic E-state index is 14.1. The zero-order valence-corrected chi connectivity index (χ0v) is 15.4. The minimum atomic E-state index is -0.585. The highest BCUT2D eigenvalue weighted by molar-refractivity contribution is 6.02. The lowest BCUT2D eigenvalue weighted by molar-refractivity contribution is -0.117. The van der Waals surface area contributed by atoms with E-state index < -0.39 is 11.9 Å². The second kappa shape index (κ2) is 7.27. The first-order chi connectivity index (χ1) is 13.5. The molecular weight excluding hydrogens is 355 g/mol. The van der Waals surface area contributed by atoms with Gasteiger partial charge in [0, 0.05) is 16.8 Å². The second-order valence-electron chi connectivity index (χ2n) is 6.84. The predicted molar refractivity (Wildman–Crippen MR) is 106 cm³/mol. The van der Waals surface area contributed by atoms with E-state index in [-0.39, 0.29) is 18.4 Å². The van der Waals surface area contributed by atoms with Gasteiger partial charge >= 0.3 is 0 Å². The van der Waals surface area contributed by atoms with Crippen LogP contribution in [0.4, 0.5) is 10.1 Å². The standard InChI is InChI=1S/C23H19FN2O2/c1-15-7-5-6-10-18(15)23(28)26-14-21(27)25-20-12-11-17(24)13-19(20)22(26)16-8-3-2-4-9-16/h2-13,22H,14H2,1H3,(H,25,27)/t22-/m0/s1. The highest BCUT2D eigenvalue weighted by Gasteiger charge is 2.34. The van der Waals surface area contributed by atoms with Crippen LogP contribution in [0.5, 0.6) is 0 Å². The van der Waals surface area contributed by atoms with Gasteiger partial charge in [0.05, 0.1) is 6.04 Å². The zero-order chi connectivity index (χ0) is 19.7. The van der Waals surface area contributed by atoms with E-state index >= 15 is 0 Å². The van der Waals surface area contributed by atoms with E-state index in [2.05, 4.69) is 5.32 Å². The molecule has 0 aromatic heterocycles. The van der Waals surface area contributed by atoms with Crippen LogP contribution in [-0.4, -0.2) is 23.3 Å². The molecule has 1 atom stereocenters. The number of nitrogens with zero attached hydrogens (tertiary/aromatic N) is 1. The summed E-state index contributed by atoms with van der Waals surface area (Å²) in [7, 11) is 0. The van der Waals surface area contributed by atoms with E-state index in [4.69, 9.17) is 0 Å². The molecule has 5 heteroatoms. The third kappa shape index (κ3) is 3.27. The Kier molecular flexibility index (Phi) is 4.65. The molecule has 0 saturated heterocycles. The molecule has 0 bridgehead atoms. The van der Waals surface area contributed by atoms with Gasteiger partial charge in [0.25, 0.3) is 5.91 Å². The fourth-order valence-corrected chi connectivity index (χ4v) is 3.63. The summed E-state index contributed by atoms with van der Waals surface area (Å²) in [6.07, 6.45) is 0. The van der Waals surface area contributed by atoms with Gasteiger partial charge in [-0.3, -0.25) is 9.59 Å². The van der Waals surface area contributed by atoms with Crippen LogP contribution in [0.1, 0.15) is 33.1 Å². The van der Waals surface area contributed by atoms with Crippen molar-refractivity contribution in [3.8, 4) is 0 Å². The summed E-state index contributed by atoms with van der Waals surface area (Å²) >= 11 is 0. The van der Waals surface area contributed by atoms with E-state index in [0.717, 1.165) is 11.1 Å². The van der Waals surface area contributed by atoms with Crippen molar-refractivity contribution in [2.75, 3.05) is 11.9 Å².